The van der Waals surface area contributed by atoms with Crippen LogP contribution in [0.4, 0.5) is 11.8 Å². The van der Waals surface area contributed by atoms with Gasteiger partial charge in [0, 0.05) is 57.5 Å². The van der Waals surface area contributed by atoms with E-state index in [1.54, 1.807) is 35.7 Å². The predicted octanol–water partition coefficient (Wildman–Crippen LogP) is 3.21. The molecule has 3 aliphatic heterocycles. The second kappa shape index (κ2) is 11.3. The van der Waals surface area contributed by atoms with E-state index < -0.39 is 10.0 Å². The fourth-order valence-corrected chi connectivity index (χ4v) is 7.13. The number of ether oxygens (including phenoxy) is 1. The monoisotopic (exact) mass is 514 g/mol. The Balaban J connectivity index is 1.13. The van der Waals surface area contributed by atoms with Crippen LogP contribution in [0.25, 0.3) is 0 Å². The van der Waals surface area contributed by atoms with Crippen LogP contribution in [-0.4, -0.2) is 86.1 Å². The average molecular weight is 515 g/mol. The molecular formula is C26H38N6O3S. The number of methoxy groups -OCH3 is 1. The van der Waals surface area contributed by atoms with Gasteiger partial charge in [0.25, 0.3) is 0 Å². The third-order valence-electron chi connectivity index (χ3n) is 7.76. The normalized spacial score (nSPS) is 22.9. The van der Waals surface area contributed by atoms with Gasteiger partial charge in [0.15, 0.2) is 0 Å². The first-order valence-corrected chi connectivity index (χ1v) is 14.7. The summed E-state index contributed by atoms with van der Waals surface area (Å²) in [6.07, 6.45) is 9.66. The summed E-state index contributed by atoms with van der Waals surface area (Å²) in [7, 11) is -1.90. The van der Waals surface area contributed by atoms with Crippen LogP contribution < -0.4 is 15.0 Å². The first-order chi connectivity index (χ1) is 17.5. The largest absolute Gasteiger partial charge is 0.497 e. The van der Waals surface area contributed by atoms with E-state index in [4.69, 9.17) is 9.72 Å². The lowest BCUT2D eigenvalue weighted by Crippen LogP contribution is -2.46. The number of hydrogen-bond donors (Lipinski definition) is 1. The van der Waals surface area contributed by atoms with Crippen molar-refractivity contribution >= 4 is 21.8 Å². The van der Waals surface area contributed by atoms with E-state index in [2.05, 4.69) is 20.1 Å². The Bertz CT molecular complexity index is 1100. The zero-order valence-corrected chi connectivity index (χ0v) is 22.0. The van der Waals surface area contributed by atoms with Gasteiger partial charge in [0.05, 0.1) is 12.0 Å². The lowest BCUT2D eigenvalue weighted by Gasteiger charge is -2.36. The number of nitrogens with one attached hydrogen (secondary N) is 1. The van der Waals surface area contributed by atoms with Gasteiger partial charge < -0.3 is 15.0 Å². The van der Waals surface area contributed by atoms with Gasteiger partial charge in [0.2, 0.25) is 16.0 Å². The lowest BCUT2D eigenvalue weighted by molar-refractivity contribution is 0.167. The molecule has 1 unspecified atom stereocenters. The first kappa shape index (κ1) is 25.2. The van der Waals surface area contributed by atoms with Crippen LogP contribution >= 0.6 is 0 Å². The number of hydrogen-bond acceptors (Lipinski definition) is 8. The summed E-state index contributed by atoms with van der Waals surface area (Å²) in [5.74, 6) is 2.39. The van der Waals surface area contributed by atoms with Crippen molar-refractivity contribution in [1.82, 2.24) is 19.2 Å². The van der Waals surface area contributed by atoms with Crippen molar-refractivity contribution < 1.29 is 13.2 Å². The fraction of sp³-hybridized carbons (Fsp3) is 0.615. The summed E-state index contributed by atoms with van der Waals surface area (Å²) in [6, 6.07) is 9.38. The molecule has 3 fully saturated rings. The molecule has 0 amide bonds. The number of nitrogens with zero attached hydrogens (tertiary/aromatic N) is 5. The zero-order chi connectivity index (χ0) is 25.0. The van der Waals surface area contributed by atoms with Gasteiger partial charge in [-0.05, 0) is 62.4 Å². The Morgan fingerprint density at radius 2 is 1.64 bits per heavy atom. The lowest BCUT2D eigenvalue weighted by atomic mass is 10.1. The summed E-state index contributed by atoms with van der Waals surface area (Å²) in [4.78, 5) is 14.5. The van der Waals surface area contributed by atoms with E-state index in [1.807, 2.05) is 12.3 Å². The van der Waals surface area contributed by atoms with Crippen molar-refractivity contribution in [2.75, 3.05) is 56.6 Å². The highest BCUT2D eigenvalue weighted by atomic mass is 32.2. The van der Waals surface area contributed by atoms with Gasteiger partial charge in [-0.15, -0.1) is 0 Å². The molecule has 3 aliphatic rings. The molecule has 1 atom stereocenters. The molecule has 36 heavy (non-hydrogen) atoms. The molecule has 196 valence electrons. The number of likely N-dealkylation sites (tertiary alicyclic amines) is 1. The van der Waals surface area contributed by atoms with E-state index in [0.29, 0.717) is 41.8 Å². The number of rotatable bonds is 7. The van der Waals surface area contributed by atoms with Crippen LogP contribution in [0.3, 0.4) is 0 Å². The minimum absolute atomic E-state index is 0.311. The Hall–Kier alpha value is -2.43. The van der Waals surface area contributed by atoms with E-state index in [9.17, 15) is 8.42 Å². The summed E-state index contributed by atoms with van der Waals surface area (Å²) < 4.78 is 32.9. The summed E-state index contributed by atoms with van der Waals surface area (Å²) >= 11 is 0. The van der Waals surface area contributed by atoms with Crippen LogP contribution in [0, 0.1) is 0 Å². The SMILES string of the molecule is COc1ccc(S(=O)(=O)N2CCC(N3CCC(Nc4nccc(N5CCCCCC5)n4)C3)CC2)cc1. The minimum Gasteiger partial charge on any atom is -0.497 e. The molecule has 0 saturated carbocycles. The van der Waals surface area contributed by atoms with Gasteiger partial charge in [-0.2, -0.15) is 9.29 Å². The van der Waals surface area contributed by atoms with Gasteiger partial charge >= 0.3 is 0 Å². The van der Waals surface area contributed by atoms with Crippen LogP contribution in [0.2, 0.25) is 0 Å². The molecule has 0 radical (unpaired) electrons. The molecule has 0 aliphatic carbocycles. The summed E-state index contributed by atoms with van der Waals surface area (Å²) in [6.45, 7) is 5.19. The number of aromatic nitrogens is 2. The first-order valence-electron chi connectivity index (χ1n) is 13.3. The smallest absolute Gasteiger partial charge is 0.243 e. The molecule has 5 rings (SSSR count). The molecule has 2 aromatic rings. The number of benzene rings is 1. The predicted molar refractivity (Wildman–Crippen MR) is 141 cm³/mol. The van der Waals surface area contributed by atoms with Crippen LogP contribution in [-0.2, 0) is 10.0 Å². The highest BCUT2D eigenvalue weighted by Gasteiger charge is 2.34. The second-order valence-electron chi connectivity index (χ2n) is 10.1. The van der Waals surface area contributed by atoms with Gasteiger partial charge in [-0.3, -0.25) is 4.90 Å². The van der Waals surface area contributed by atoms with E-state index in [-0.39, 0.29) is 0 Å². The Morgan fingerprint density at radius 3 is 2.33 bits per heavy atom. The van der Waals surface area contributed by atoms with Crippen molar-refractivity contribution in [3.63, 3.8) is 0 Å². The standard InChI is InChI=1S/C26H38N6O3S/c1-35-23-6-8-24(9-7-23)36(33,34)32-18-12-22(13-19-32)31-17-11-21(20-31)28-26-27-14-10-25(29-26)30-15-4-2-3-5-16-30/h6-10,14,21-22H,2-5,11-13,15-20H2,1H3,(H,27,28,29). The molecule has 0 spiro atoms. The molecule has 10 heteroatoms. The average Bonchev–Trinajstić information content (AvgIpc) is 3.20. The summed E-state index contributed by atoms with van der Waals surface area (Å²) in [5.41, 5.74) is 0. The molecule has 0 bridgehead atoms. The molecule has 1 aromatic heterocycles. The number of sulfonamides is 1. The van der Waals surface area contributed by atoms with Crippen LogP contribution in [0.5, 0.6) is 5.75 Å². The van der Waals surface area contributed by atoms with Gasteiger partial charge in [-0.1, -0.05) is 12.8 Å². The molecule has 3 saturated heterocycles. The number of anilines is 2. The third kappa shape index (κ3) is 5.76. The Kier molecular flexibility index (Phi) is 7.93. The van der Waals surface area contributed by atoms with Crippen molar-refractivity contribution in [2.45, 2.75) is 61.9 Å². The van der Waals surface area contributed by atoms with E-state index >= 15 is 0 Å². The number of piperidine rings is 1. The van der Waals surface area contributed by atoms with Crippen molar-refractivity contribution in [3.8, 4) is 5.75 Å². The maximum Gasteiger partial charge on any atom is 0.243 e. The highest BCUT2D eigenvalue weighted by Crippen LogP contribution is 2.27. The maximum absolute atomic E-state index is 13.1. The van der Waals surface area contributed by atoms with Crippen LogP contribution in [0.1, 0.15) is 44.9 Å². The second-order valence-corrected chi connectivity index (χ2v) is 12.0. The van der Waals surface area contributed by atoms with Gasteiger partial charge in [0.1, 0.15) is 11.6 Å². The van der Waals surface area contributed by atoms with E-state index in [0.717, 1.165) is 51.3 Å². The quantitative estimate of drug-likeness (QED) is 0.603. The fourth-order valence-electron chi connectivity index (χ4n) is 5.66. The van der Waals surface area contributed by atoms with Crippen molar-refractivity contribution in [1.29, 1.82) is 0 Å². The minimum atomic E-state index is -3.47. The molecule has 1 N–H and O–H groups in total. The molecule has 1 aromatic carbocycles. The Labute approximate surface area is 214 Å². The molecular weight excluding hydrogens is 476 g/mol. The summed E-state index contributed by atoms with van der Waals surface area (Å²) in [5, 5.41) is 3.56. The van der Waals surface area contributed by atoms with Crippen LogP contribution in [0.15, 0.2) is 41.4 Å². The molecule has 4 heterocycles. The van der Waals surface area contributed by atoms with E-state index in [1.165, 1.54) is 25.7 Å². The molecule has 9 nitrogen and oxygen atoms in total. The third-order valence-corrected chi connectivity index (χ3v) is 9.67. The highest BCUT2D eigenvalue weighted by molar-refractivity contribution is 7.89. The topological polar surface area (TPSA) is 90.9 Å². The van der Waals surface area contributed by atoms with Gasteiger partial charge in [-0.25, -0.2) is 13.4 Å². The van der Waals surface area contributed by atoms with Crippen molar-refractivity contribution in [3.05, 3.63) is 36.5 Å². The zero-order valence-electron chi connectivity index (χ0n) is 21.2. The van der Waals surface area contributed by atoms with Crippen molar-refractivity contribution in [2.24, 2.45) is 0 Å². The Morgan fingerprint density at radius 1 is 0.917 bits per heavy atom. The maximum atomic E-state index is 13.1.